The summed E-state index contributed by atoms with van der Waals surface area (Å²) in [5.41, 5.74) is 0. The fraction of sp³-hybridized carbons (Fsp3) is 0.417. The molecule has 1 atom stereocenters. The molecule has 15 heavy (non-hydrogen) atoms. The minimum absolute atomic E-state index is 0.209. The molecule has 0 aliphatic heterocycles. The van der Waals surface area contributed by atoms with Gasteiger partial charge < -0.3 is 0 Å². The van der Waals surface area contributed by atoms with Gasteiger partial charge in [-0.1, -0.05) is 0 Å². The Balaban J connectivity index is 1.96. The molecular weight excluding hydrogens is 211 g/mol. The fourth-order valence-electron chi connectivity index (χ4n) is 1.79. The number of Topliss-reactive ketones (excluding diaryl/α,β-unsaturated/α-hetero) is 1. The number of benzene rings is 1. The molecule has 0 aromatic heterocycles. The Morgan fingerprint density at radius 1 is 1.27 bits per heavy atom. The van der Waals surface area contributed by atoms with Crippen LogP contribution in [0.25, 0.3) is 0 Å². The molecule has 3 heteroatoms. The number of carbonyl (C=O) groups is 1. The molecule has 80 valence electrons. The van der Waals surface area contributed by atoms with Crippen molar-refractivity contribution in [1.29, 1.82) is 0 Å². The van der Waals surface area contributed by atoms with E-state index in [1.807, 2.05) is 0 Å². The zero-order chi connectivity index (χ0) is 10.7. The molecule has 2 rings (SSSR count). The van der Waals surface area contributed by atoms with Crippen molar-refractivity contribution in [3.8, 4) is 0 Å². The van der Waals surface area contributed by atoms with Gasteiger partial charge in [0, 0.05) is 23.0 Å². The Labute approximate surface area is 93.1 Å². The molecule has 1 fully saturated rings. The van der Waals surface area contributed by atoms with Gasteiger partial charge in [0.15, 0.2) is 0 Å². The zero-order valence-corrected chi connectivity index (χ0v) is 9.23. The van der Waals surface area contributed by atoms with E-state index >= 15 is 0 Å². The highest BCUT2D eigenvalue weighted by Crippen LogP contribution is 2.32. The molecule has 1 saturated carbocycles. The maximum atomic E-state index is 12.7. The van der Waals surface area contributed by atoms with Gasteiger partial charge in [0.1, 0.15) is 11.6 Å². The van der Waals surface area contributed by atoms with Crippen molar-refractivity contribution >= 4 is 17.5 Å². The summed E-state index contributed by atoms with van der Waals surface area (Å²) in [6.45, 7) is 0. The number of hydrogen-bond acceptors (Lipinski definition) is 2. The Hall–Kier alpha value is -0.830. The molecule has 0 bridgehead atoms. The van der Waals surface area contributed by atoms with Gasteiger partial charge in [0.25, 0.3) is 0 Å². The minimum atomic E-state index is -0.209. The van der Waals surface area contributed by atoms with Crippen LogP contribution in [0.4, 0.5) is 4.39 Å². The summed E-state index contributed by atoms with van der Waals surface area (Å²) in [7, 11) is 0. The van der Waals surface area contributed by atoms with Gasteiger partial charge in [-0.05, 0) is 37.1 Å². The largest absolute Gasteiger partial charge is 0.300 e. The maximum absolute atomic E-state index is 12.7. The van der Waals surface area contributed by atoms with Crippen LogP contribution in [0, 0.1) is 5.82 Å². The highest BCUT2D eigenvalue weighted by atomic mass is 32.2. The summed E-state index contributed by atoms with van der Waals surface area (Å²) >= 11 is 1.69. The lowest BCUT2D eigenvalue weighted by molar-refractivity contribution is -0.120. The maximum Gasteiger partial charge on any atom is 0.134 e. The molecular formula is C12H13FOS. The molecule has 1 aromatic rings. The number of carbonyl (C=O) groups excluding carboxylic acids is 1. The number of rotatable bonds is 2. The Morgan fingerprint density at radius 3 is 2.67 bits per heavy atom. The van der Waals surface area contributed by atoms with Crippen molar-refractivity contribution in [3.05, 3.63) is 30.1 Å². The molecule has 1 aliphatic carbocycles. The van der Waals surface area contributed by atoms with E-state index in [9.17, 15) is 9.18 Å². The van der Waals surface area contributed by atoms with Crippen molar-refractivity contribution in [3.63, 3.8) is 0 Å². The predicted molar refractivity (Wildman–Crippen MR) is 59.5 cm³/mol. The van der Waals surface area contributed by atoms with Crippen LogP contribution in [0.15, 0.2) is 29.2 Å². The second kappa shape index (κ2) is 4.79. The molecule has 1 aromatic carbocycles. The summed E-state index contributed by atoms with van der Waals surface area (Å²) in [6.07, 6.45) is 3.49. The van der Waals surface area contributed by atoms with Gasteiger partial charge in [-0.25, -0.2) is 4.39 Å². The molecule has 0 radical (unpaired) electrons. The normalized spacial score (nSPS) is 21.7. The lowest BCUT2D eigenvalue weighted by atomic mass is 9.99. The highest BCUT2D eigenvalue weighted by molar-refractivity contribution is 8.00. The van der Waals surface area contributed by atoms with Crippen LogP contribution in [0.3, 0.4) is 0 Å². The number of ketones is 1. The monoisotopic (exact) mass is 224 g/mol. The quantitative estimate of drug-likeness (QED) is 0.765. The molecule has 0 saturated heterocycles. The Morgan fingerprint density at radius 2 is 2.00 bits per heavy atom. The first-order valence-electron chi connectivity index (χ1n) is 5.18. The van der Waals surface area contributed by atoms with Crippen molar-refractivity contribution in [1.82, 2.24) is 0 Å². The Kier molecular flexibility index (Phi) is 3.41. The van der Waals surface area contributed by atoms with Crippen molar-refractivity contribution in [2.45, 2.75) is 35.8 Å². The second-order valence-corrected chi connectivity index (χ2v) is 5.20. The van der Waals surface area contributed by atoms with Gasteiger partial charge in [-0.2, -0.15) is 0 Å². The van der Waals surface area contributed by atoms with E-state index in [1.54, 1.807) is 23.9 Å². The van der Waals surface area contributed by atoms with Crippen molar-refractivity contribution in [2.75, 3.05) is 0 Å². The molecule has 0 N–H and O–H groups in total. The van der Waals surface area contributed by atoms with Gasteiger partial charge in [-0.15, -0.1) is 11.8 Å². The summed E-state index contributed by atoms with van der Waals surface area (Å²) in [5, 5.41) is 0.386. The van der Waals surface area contributed by atoms with Crippen LogP contribution in [0.1, 0.15) is 25.7 Å². The predicted octanol–water partition coefficient (Wildman–Crippen LogP) is 3.43. The zero-order valence-electron chi connectivity index (χ0n) is 8.41. The van der Waals surface area contributed by atoms with Gasteiger partial charge in [0.2, 0.25) is 0 Å². The molecule has 0 unspecified atom stereocenters. The standard InChI is InChI=1S/C12H13FOS/c13-9-4-6-11(7-5-9)15-12-3-1-2-10(14)8-12/h4-7,12H,1-3,8H2/t12-/m0/s1. The fourth-order valence-corrected chi connectivity index (χ4v) is 3.02. The van der Waals surface area contributed by atoms with E-state index in [1.165, 1.54) is 12.1 Å². The van der Waals surface area contributed by atoms with E-state index < -0.39 is 0 Å². The van der Waals surface area contributed by atoms with Crippen LogP contribution < -0.4 is 0 Å². The van der Waals surface area contributed by atoms with Gasteiger partial charge in [-0.3, -0.25) is 4.79 Å². The lowest BCUT2D eigenvalue weighted by Gasteiger charge is -2.19. The van der Waals surface area contributed by atoms with E-state index in [-0.39, 0.29) is 5.82 Å². The summed E-state index contributed by atoms with van der Waals surface area (Å²) in [6, 6.07) is 6.48. The third-order valence-corrected chi connectivity index (χ3v) is 3.83. The first-order valence-corrected chi connectivity index (χ1v) is 6.06. The molecule has 0 spiro atoms. The van der Waals surface area contributed by atoms with Crippen LogP contribution in [-0.4, -0.2) is 11.0 Å². The van der Waals surface area contributed by atoms with Crippen LogP contribution in [0.5, 0.6) is 0 Å². The highest BCUT2D eigenvalue weighted by Gasteiger charge is 2.20. The van der Waals surface area contributed by atoms with Crippen molar-refractivity contribution in [2.24, 2.45) is 0 Å². The topological polar surface area (TPSA) is 17.1 Å². The van der Waals surface area contributed by atoms with Crippen LogP contribution >= 0.6 is 11.8 Å². The SMILES string of the molecule is O=C1CCC[C@H](Sc2ccc(F)cc2)C1. The molecule has 0 amide bonds. The molecule has 0 heterocycles. The van der Waals surface area contributed by atoms with E-state index in [0.717, 1.165) is 24.2 Å². The lowest BCUT2D eigenvalue weighted by Crippen LogP contribution is -2.16. The minimum Gasteiger partial charge on any atom is -0.300 e. The molecule has 1 nitrogen and oxygen atoms in total. The van der Waals surface area contributed by atoms with Gasteiger partial charge in [0.05, 0.1) is 0 Å². The number of hydrogen-bond donors (Lipinski definition) is 0. The average molecular weight is 224 g/mol. The first kappa shape index (κ1) is 10.7. The third-order valence-electron chi connectivity index (χ3n) is 2.55. The molecule has 1 aliphatic rings. The average Bonchev–Trinajstić information content (AvgIpc) is 2.22. The number of halogens is 1. The van der Waals surface area contributed by atoms with E-state index in [0.29, 0.717) is 17.5 Å². The smallest absolute Gasteiger partial charge is 0.134 e. The van der Waals surface area contributed by atoms with Crippen molar-refractivity contribution < 1.29 is 9.18 Å². The third kappa shape index (κ3) is 3.06. The van der Waals surface area contributed by atoms with Gasteiger partial charge >= 0.3 is 0 Å². The number of thioether (sulfide) groups is 1. The van der Waals surface area contributed by atoms with E-state index in [2.05, 4.69) is 0 Å². The summed E-state index contributed by atoms with van der Waals surface area (Å²) < 4.78 is 12.7. The van der Waals surface area contributed by atoms with Crippen LogP contribution in [-0.2, 0) is 4.79 Å². The second-order valence-electron chi connectivity index (χ2n) is 3.83. The van der Waals surface area contributed by atoms with Crippen LogP contribution in [0.2, 0.25) is 0 Å². The summed E-state index contributed by atoms with van der Waals surface area (Å²) in [4.78, 5) is 12.3. The summed E-state index contributed by atoms with van der Waals surface area (Å²) in [5.74, 6) is 0.153. The Bertz CT molecular complexity index is 347. The van der Waals surface area contributed by atoms with E-state index in [4.69, 9.17) is 0 Å². The first-order chi connectivity index (χ1) is 7.24.